The van der Waals surface area contributed by atoms with E-state index in [-0.39, 0.29) is 0 Å². The molecule has 12 heavy (non-hydrogen) atoms. The molecule has 0 unspecified atom stereocenters. The first-order valence-electron chi connectivity index (χ1n) is 2.94. The number of carbonyl (C=O) groups is 1. The second-order valence-corrected chi connectivity index (χ2v) is 3.90. The van der Waals surface area contributed by atoms with Gasteiger partial charge >= 0.3 is 13.6 Å². The molecule has 0 aliphatic carbocycles. The van der Waals surface area contributed by atoms with Crippen molar-refractivity contribution < 1.29 is 24.3 Å². The van der Waals surface area contributed by atoms with Crippen molar-refractivity contribution in [2.24, 2.45) is 5.18 Å². The van der Waals surface area contributed by atoms with Crippen LogP contribution in [-0.2, 0) is 9.36 Å². The summed E-state index contributed by atoms with van der Waals surface area (Å²) in [7, 11) is -4.35. The molecule has 0 aromatic rings. The molecule has 8 heteroatoms. The predicted molar refractivity (Wildman–Crippen MR) is 38.7 cm³/mol. The largest absolute Gasteiger partial charge is 0.481 e. The van der Waals surface area contributed by atoms with Gasteiger partial charge in [0.1, 0.15) is 6.04 Å². The van der Waals surface area contributed by atoms with E-state index in [0.29, 0.717) is 0 Å². The summed E-state index contributed by atoms with van der Waals surface area (Å²) in [5.74, 6) is -1.31. The standard InChI is InChI=1S/C4H8NO6P/c6-4(7)1-3(5-8)2-12(9,10)11/h3H,1-2H2,(H,6,7)(H2,9,10,11)/t3-/m1/s1. The third-order valence-electron chi connectivity index (χ3n) is 1.01. The number of nitroso groups, excluding NO2 is 1. The van der Waals surface area contributed by atoms with Gasteiger partial charge in [-0.3, -0.25) is 9.36 Å². The Balaban J connectivity index is 4.10. The minimum Gasteiger partial charge on any atom is -0.481 e. The molecule has 0 aliphatic rings. The van der Waals surface area contributed by atoms with Gasteiger partial charge in [-0.1, -0.05) is 5.18 Å². The van der Waals surface area contributed by atoms with Gasteiger partial charge < -0.3 is 14.9 Å². The van der Waals surface area contributed by atoms with Gasteiger partial charge in [-0.15, -0.1) is 0 Å². The summed E-state index contributed by atoms with van der Waals surface area (Å²) in [6, 6.07) is -1.36. The molecule has 0 saturated heterocycles. The second-order valence-electron chi connectivity index (χ2n) is 2.20. The molecule has 0 bridgehead atoms. The van der Waals surface area contributed by atoms with Crippen LogP contribution < -0.4 is 0 Å². The number of nitrogens with zero attached hydrogens (tertiary/aromatic N) is 1. The van der Waals surface area contributed by atoms with Crippen LogP contribution in [0.4, 0.5) is 0 Å². The Labute approximate surface area is 67.5 Å². The van der Waals surface area contributed by atoms with Crippen LogP contribution in [0.3, 0.4) is 0 Å². The second kappa shape index (κ2) is 4.30. The minimum atomic E-state index is -4.35. The normalized spacial score (nSPS) is 13.8. The Morgan fingerprint density at radius 2 is 2.00 bits per heavy atom. The van der Waals surface area contributed by atoms with Crippen molar-refractivity contribution >= 4 is 13.6 Å². The molecule has 0 spiro atoms. The van der Waals surface area contributed by atoms with E-state index >= 15 is 0 Å². The number of carboxylic acids is 1. The fourth-order valence-corrected chi connectivity index (χ4v) is 1.36. The van der Waals surface area contributed by atoms with Gasteiger partial charge in [0.25, 0.3) is 0 Å². The van der Waals surface area contributed by atoms with E-state index in [1.54, 1.807) is 0 Å². The van der Waals surface area contributed by atoms with Crippen LogP contribution in [0, 0.1) is 4.91 Å². The lowest BCUT2D eigenvalue weighted by Gasteiger charge is -2.06. The summed E-state index contributed by atoms with van der Waals surface area (Å²) >= 11 is 0. The van der Waals surface area contributed by atoms with Crippen LogP contribution in [0.15, 0.2) is 5.18 Å². The van der Waals surface area contributed by atoms with E-state index < -0.39 is 32.2 Å². The van der Waals surface area contributed by atoms with E-state index in [1.165, 1.54) is 0 Å². The zero-order valence-electron chi connectivity index (χ0n) is 5.95. The van der Waals surface area contributed by atoms with Crippen LogP contribution in [0.2, 0.25) is 0 Å². The van der Waals surface area contributed by atoms with E-state index in [2.05, 4.69) is 5.18 Å². The summed E-state index contributed by atoms with van der Waals surface area (Å²) in [6.07, 6.45) is -1.47. The van der Waals surface area contributed by atoms with E-state index in [4.69, 9.17) is 14.9 Å². The molecular weight excluding hydrogens is 189 g/mol. The molecule has 0 amide bonds. The monoisotopic (exact) mass is 197 g/mol. The van der Waals surface area contributed by atoms with Gasteiger partial charge in [-0.25, -0.2) is 0 Å². The highest BCUT2D eigenvalue weighted by molar-refractivity contribution is 7.51. The molecule has 3 N–H and O–H groups in total. The maximum absolute atomic E-state index is 10.3. The van der Waals surface area contributed by atoms with Crippen LogP contribution in [0.25, 0.3) is 0 Å². The van der Waals surface area contributed by atoms with Gasteiger partial charge in [0.15, 0.2) is 0 Å². The maximum atomic E-state index is 10.3. The fourth-order valence-electron chi connectivity index (χ4n) is 0.611. The van der Waals surface area contributed by atoms with Crippen LogP contribution in [0.5, 0.6) is 0 Å². The van der Waals surface area contributed by atoms with Gasteiger partial charge in [0.2, 0.25) is 0 Å². The molecule has 7 nitrogen and oxygen atoms in total. The van der Waals surface area contributed by atoms with Crippen molar-refractivity contribution in [3.63, 3.8) is 0 Å². The van der Waals surface area contributed by atoms with Gasteiger partial charge in [-0.05, 0) is 0 Å². The Kier molecular flexibility index (Phi) is 4.02. The molecule has 0 heterocycles. The van der Waals surface area contributed by atoms with Crippen molar-refractivity contribution in [3.05, 3.63) is 4.91 Å². The van der Waals surface area contributed by atoms with Crippen molar-refractivity contribution in [2.75, 3.05) is 6.16 Å². The van der Waals surface area contributed by atoms with E-state index in [0.717, 1.165) is 0 Å². The first-order chi connectivity index (χ1) is 5.35. The molecule has 1 atom stereocenters. The van der Waals surface area contributed by atoms with Crippen LogP contribution in [0.1, 0.15) is 6.42 Å². The van der Waals surface area contributed by atoms with Crippen LogP contribution >= 0.6 is 7.60 Å². The zero-order valence-corrected chi connectivity index (χ0v) is 6.85. The average molecular weight is 197 g/mol. The molecule has 0 fully saturated rings. The Morgan fingerprint density at radius 1 is 1.50 bits per heavy atom. The van der Waals surface area contributed by atoms with Crippen molar-refractivity contribution in [1.82, 2.24) is 0 Å². The molecule has 0 radical (unpaired) electrons. The Hall–Kier alpha value is -0.780. The number of rotatable bonds is 5. The third-order valence-corrected chi connectivity index (χ3v) is 1.91. The van der Waals surface area contributed by atoms with E-state index in [1.807, 2.05) is 0 Å². The number of carboxylic acid groups (broad SMARTS) is 1. The van der Waals surface area contributed by atoms with Crippen molar-refractivity contribution in [3.8, 4) is 0 Å². The lowest BCUT2D eigenvalue weighted by Crippen LogP contribution is -2.15. The highest BCUT2D eigenvalue weighted by atomic mass is 31.2. The molecule has 0 aromatic carbocycles. The van der Waals surface area contributed by atoms with Crippen LogP contribution in [-0.4, -0.2) is 33.1 Å². The average Bonchev–Trinajstić information content (AvgIpc) is 1.82. The van der Waals surface area contributed by atoms with Gasteiger partial charge in [0.05, 0.1) is 12.6 Å². The summed E-state index contributed by atoms with van der Waals surface area (Å²) in [6.45, 7) is 0. The topological polar surface area (TPSA) is 124 Å². The predicted octanol–water partition coefficient (Wildman–Crippen LogP) is -0.226. The van der Waals surface area contributed by atoms with Gasteiger partial charge in [0, 0.05) is 0 Å². The Bertz CT molecular complexity index is 222. The third kappa shape index (κ3) is 5.96. The fraction of sp³-hybridized carbons (Fsp3) is 0.750. The SMILES string of the molecule is O=N[C@H](CC(=O)O)CP(=O)(O)O. The molecule has 0 rings (SSSR count). The first kappa shape index (κ1) is 11.2. The van der Waals surface area contributed by atoms with E-state index in [9.17, 15) is 14.3 Å². The zero-order chi connectivity index (χ0) is 9.78. The number of aliphatic carboxylic acids is 1. The number of hydrogen-bond acceptors (Lipinski definition) is 4. The summed E-state index contributed by atoms with van der Waals surface area (Å²) < 4.78 is 10.3. The lowest BCUT2D eigenvalue weighted by atomic mass is 10.2. The smallest absolute Gasteiger partial charge is 0.327 e. The van der Waals surface area contributed by atoms with Crippen molar-refractivity contribution in [2.45, 2.75) is 12.5 Å². The molecule has 0 aromatic heterocycles. The Morgan fingerprint density at radius 3 is 2.25 bits per heavy atom. The van der Waals surface area contributed by atoms with Gasteiger partial charge in [-0.2, -0.15) is 4.91 Å². The number of hydrogen-bond donors (Lipinski definition) is 3. The summed E-state index contributed by atoms with van der Waals surface area (Å²) in [5.41, 5.74) is 0. The maximum Gasteiger partial charge on any atom is 0.327 e. The molecule has 0 saturated carbocycles. The lowest BCUT2D eigenvalue weighted by molar-refractivity contribution is -0.137. The quantitative estimate of drug-likeness (QED) is 0.413. The highest BCUT2D eigenvalue weighted by Crippen LogP contribution is 2.36. The summed E-state index contributed by atoms with van der Waals surface area (Å²) in [4.78, 5) is 36.6. The highest BCUT2D eigenvalue weighted by Gasteiger charge is 2.24. The minimum absolute atomic E-state index is 0.658. The summed E-state index contributed by atoms with van der Waals surface area (Å²) in [5, 5.41) is 10.5. The van der Waals surface area contributed by atoms with Crippen molar-refractivity contribution in [1.29, 1.82) is 0 Å². The molecule has 0 aliphatic heterocycles. The molecule has 70 valence electrons. The first-order valence-corrected chi connectivity index (χ1v) is 4.73. The molecular formula is C4H8NO6P.